The van der Waals surface area contributed by atoms with E-state index in [1.807, 2.05) is 19.9 Å². The van der Waals surface area contributed by atoms with Crippen LogP contribution in [0.15, 0.2) is 24.3 Å². The Hall–Kier alpha value is -1.06. The van der Waals surface area contributed by atoms with Crippen LogP contribution in [0.3, 0.4) is 0 Å². The first-order chi connectivity index (χ1) is 9.75. The van der Waals surface area contributed by atoms with Crippen LogP contribution in [0.5, 0.6) is 5.75 Å². The van der Waals surface area contributed by atoms with Crippen molar-refractivity contribution in [3.8, 4) is 5.75 Å². The van der Waals surface area contributed by atoms with Gasteiger partial charge < -0.3 is 9.47 Å². The summed E-state index contributed by atoms with van der Waals surface area (Å²) in [7, 11) is 0. The first-order valence-corrected chi connectivity index (χ1v) is 7.78. The molecule has 1 fully saturated rings. The maximum absolute atomic E-state index is 5.82. The molecule has 0 saturated carbocycles. The molecule has 0 atom stereocenters. The van der Waals surface area contributed by atoms with Gasteiger partial charge in [-0.3, -0.25) is 4.90 Å². The van der Waals surface area contributed by atoms with E-state index in [1.54, 1.807) is 0 Å². The Morgan fingerprint density at radius 3 is 2.55 bits per heavy atom. The summed E-state index contributed by atoms with van der Waals surface area (Å²) >= 11 is 0. The monoisotopic (exact) mass is 279 g/mol. The molecule has 114 valence electrons. The van der Waals surface area contributed by atoms with E-state index in [0.29, 0.717) is 5.92 Å². The van der Waals surface area contributed by atoms with Crippen LogP contribution in [0.1, 0.15) is 39.2 Å². The van der Waals surface area contributed by atoms with Crippen LogP contribution >= 0.6 is 0 Å². The minimum absolute atomic E-state index is 0.549. The Balaban J connectivity index is 0.000000956. The average molecular weight is 279 g/mol. The fraction of sp³-hybridized carbons (Fsp3) is 0.647. The van der Waals surface area contributed by atoms with E-state index in [0.717, 1.165) is 45.2 Å². The second-order valence-electron chi connectivity index (χ2n) is 5.03. The molecule has 1 aliphatic heterocycles. The third-order valence-electron chi connectivity index (χ3n) is 3.30. The SMILES string of the molecule is CC.CC(C)c1cccc(OCCN2CCOCC2)c1. The zero-order valence-electron chi connectivity index (χ0n) is 13.4. The summed E-state index contributed by atoms with van der Waals surface area (Å²) in [6.45, 7) is 13.9. The molecule has 0 aromatic heterocycles. The van der Waals surface area contributed by atoms with E-state index < -0.39 is 0 Å². The molecule has 3 heteroatoms. The van der Waals surface area contributed by atoms with E-state index >= 15 is 0 Å². The van der Waals surface area contributed by atoms with Gasteiger partial charge in [-0.15, -0.1) is 0 Å². The van der Waals surface area contributed by atoms with Crippen molar-refractivity contribution in [3.05, 3.63) is 29.8 Å². The van der Waals surface area contributed by atoms with Crippen molar-refractivity contribution < 1.29 is 9.47 Å². The predicted octanol–water partition coefficient (Wildman–Crippen LogP) is 3.55. The molecule has 0 spiro atoms. The van der Waals surface area contributed by atoms with E-state index in [4.69, 9.17) is 9.47 Å². The smallest absolute Gasteiger partial charge is 0.119 e. The average Bonchev–Trinajstić information content (AvgIpc) is 2.51. The lowest BCUT2D eigenvalue weighted by atomic mass is 10.0. The first kappa shape index (κ1) is 17.0. The molecule has 0 radical (unpaired) electrons. The zero-order valence-corrected chi connectivity index (χ0v) is 13.4. The number of benzene rings is 1. The summed E-state index contributed by atoms with van der Waals surface area (Å²) in [5.74, 6) is 1.53. The van der Waals surface area contributed by atoms with Crippen molar-refractivity contribution in [2.75, 3.05) is 39.5 Å². The van der Waals surface area contributed by atoms with Crippen molar-refractivity contribution in [1.29, 1.82) is 0 Å². The van der Waals surface area contributed by atoms with Crippen LogP contribution in [0.4, 0.5) is 0 Å². The van der Waals surface area contributed by atoms with Crippen LogP contribution in [0.25, 0.3) is 0 Å². The van der Waals surface area contributed by atoms with Gasteiger partial charge in [0.1, 0.15) is 12.4 Å². The molecule has 1 aliphatic rings. The molecule has 20 heavy (non-hydrogen) atoms. The van der Waals surface area contributed by atoms with Gasteiger partial charge in [0.25, 0.3) is 0 Å². The molecular weight excluding hydrogens is 250 g/mol. The number of hydrogen-bond donors (Lipinski definition) is 0. The van der Waals surface area contributed by atoms with Gasteiger partial charge >= 0.3 is 0 Å². The van der Waals surface area contributed by atoms with Gasteiger partial charge in [-0.25, -0.2) is 0 Å². The molecule has 0 unspecified atom stereocenters. The number of nitrogens with zero attached hydrogens (tertiary/aromatic N) is 1. The van der Waals surface area contributed by atoms with Gasteiger partial charge in [0, 0.05) is 19.6 Å². The molecule has 3 nitrogen and oxygen atoms in total. The van der Waals surface area contributed by atoms with Crippen molar-refractivity contribution in [2.45, 2.75) is 33.6 Å². The third-order valence-corrected chi connectivity index (χ3v) is 3.30. The molecule has 0 bridgehead atoms. The van der Waals surface area contributed by atoms with E-state index in [1.165, 1.54) is 5.56 Å². The summed E-state index contributed by atoms with van der Waals surface area (Å²) < 4.78 is 11.1. The first-order valence-electron chi connectivity index (χ1n) is 7.78. The van der Waals surface area contributed by atoms with Crippen LogP contribution < -0.4 is 4.74 Å². The molecule has 1 aromatic rings. The van der Waals surface area contributed by atoms with Crippen LogP contribution in [-0.4, -0.2) is 44.4 Å². The van der Waals surface area contributed by atoms with E-state index in [2.05, 4.69) is 36.9 Å². The highest BCUT2D eigenvalue weighted by Gasteiger charge is 2.09. The minimum atomic E-state index is 0.549. The normalized spacial score (nSPS) is 15.7. The molecule has 1 saturated heterocycles. The Morgan fingerprint density at radius 1 is 1.20 bits per heavy atom. The summed E-state index contributed by atoms with van der Waals surface area (Å²) in [4.78, 5) is 2.38. The quantitative estimate of drug-likeness (QED) is 0.823. The number of morpholine rings is 1. The highest BCUT2D eigenvalue weighted by molar-refractivity contribution is 5.30. The lowest BCUT2D eigenvalue weighted by Gasteiger charge is -2.26. The van der Waals surface area contributed by atoms with Crippen LogP contribution in [0, 0.1) is 0 Å². The number of rotatable bonds is 5. The van der Waals surface area contributed by atoms with E-state index in [-0.39, 0.29) is 0 Å². The minimum Gasteiger partial charge on any atom is -0.492 e. The second-order valence-corrected chi connectivity index (χ2v) is 5.03. The van der Waals surface area contributed by atoms with Gasteiger partial charge in [0.05, 0.1) is 13.2 Å². The van der Waals surface area contributed by atoms with Gasteiger partial charge in [0.2, 0.25) is 0 Å². The fourth-order valence-electron chi connectivity index (χ4n) is 2.08. The standard InChI is InChI=1S/C15H23NO2.C2H6/c1-13(2)14-4-3-5-15(12-14)18-11-8-16-6-9-17-10-7-16;1-2/h3-5,12-13H,6-11H2,1-2H3;1-2H3. The topological polar surface area (TPSA) is 21.7 Å². The van der Waals surface area contributed by atoms with Crippen molar-refractivity contribution in [1.82, 2.24) is 4.90 Å². The fourth-order valence-corrected chi connectivity index (χ4v) is 2.08. The predicted molar refractivity (Wildman–Crippen MR) is 84.6 cm³/mol. The summed E-state index contributed by atoms with van der Waals surface area (Å²) in [6.07, 6.45) is 0. The third kappa shape index (κ3) is 5.93. The molecule has 1 aromatic carbocycles. The maximum atomic E-state index is 5.82. The number of ether oxygens (including phenoxy) is 2. The van der Waals surface area contributed by atoms with Gasteiger partial charge in [-0.2, -0.15) is 0 Å². The van der Waals surface area contributed by atoms with Crippen LogP contribution in [-0.2, 0) is 4.74 Å². The van der Waals surface area contributed by atoms with Gasteiger partial charge in [-0.1, -0.05) is 39.8 Å². The van der Waals surface area contributed by atoms with Crippen molar-refractivity contribution >= 4 is 0 Å². The molecule has 0 amide bonds. The molecule has 2 rings (SSSR count). The molecule has 0 aliphatic carbocycles. The molecule has 1 heterocycles. The highest BCUT2D eigenvalue weighted by Crippen LogP contribution is 2.20. The highest BCUT2D eigenvalue weighted by atomic mass is 16.5. The Kier molecular flexibility index (Phi) is 8.31. The Labute approximate surface area is 123 Å². The lowest BCUT2D eigenvalue weighted by molar-refractivity contribution is 0.0322. The lowest BCUT2D eigenvalue weighted by Crippen LogP contribution is -2.38. The summed E-state index contributed by atoms with van der Waals surface area (Å²) in [6, 6.07) is 8.40. The maximum Gasteiger partial charge on any atom is 0.119 e. The summed E-state index contributed by atoms with van der Waals surface area (Å²) in [5.41, 5.74) is 1.33. The molecule has 0 N–H and O–H groups in total. The van der Waals surface area contributed by atoms with Crippen LogP contribution in [0.2, 0.25) is 0 Å². The Bertz CT molecular complexity index is 360. The van der Waals surface area contributed by atoms with E-state index in [9.17, 15) is 0 Å². The Morgan fingerprint density at radius 2 is 1.90 bits per heavy atom. The molecular formula is C17H29NO2. The largest absolute Gasteiger partial charge is 0.492 e. The van der Waals surface area contributed by atoms with Crippen molar-refractivity contribution in [2.24, 2.45) is 0 Å². The van der Waals surface area contributed by atoms with Gasteiger partial charge in [-0.05, 0) is 23.6 Å². The summed E-state index contributed by atoms with van der Waals surface area (Å²) in [5, 5.41) is 0. The van der Waals surface area contributed by atoms with Gasteiger partial charge in [0.15, 0.2) is 0 Å². The second kappa shape index (κ2) is 9.78. The number of hydrogen-bond acceptors (Lipinski definition) is 3. The zero-order chi connectivity index (χ0) is 14.8. The van der Waals surface area contributed by atoms with Crippen molar-refractivity contribution in [3.63, 3.8) is 0 Å².